The summed E-state index contributed by atoms with van der Waals surface area (Å²) >= 11 is 0. The van der Waals surface area contributed by atoms with Crippen LogP contribution in [0.4, 0.5) is 0 Å². The predicted molar refractivity (Wildman–Crippen MR) is 46.4 cm³/mol. The minimum Gasteiger partial charge on any atom is -0.385 e. The van der Waals surface area contributed by atoms with Gasteiger partial charge in [-0.05, 0) is 12.0 Å². The number of hydrogen-bond donors (Lipinski definition) is 1. The third-order valence-corrected chi connectivity index (χ3v) is 2.03. The van der Waals surface area contributed by atoms with Crippen LogP contribution in [0.25, 0.3) is 0 Å². The van der Waals surface area contributed by atoms with Gasteiger partial charge in [0.15, 0.2) is 5.82 Å². The van der Waals surface area contributed by atoms with Crippen LogP contribution in [0.15, 0.2) is 18.5 Å². The van der Waals surface area contributed by atoms with E-state index in [9.17, 15) is 5.11 Å². The maximum atomic E-state index is 9.66. The minimum atomic E-state index is -0.531. The maximum absolute atomic E-state index is 9.66. The van der Waals surface area contributed by atoms with Gasteiger partial charge in [0.2, 0.25) is 0 Å². The zero-order chi connectivity index (χ0) is 8.97. The van der Waals surface area contributed by atoms with Gasteiger partial charge in [-0.1, -0.05) is 20.3 Å². The highest BCUT2D eigenvalue weighted by molar-refractivity contribution is 4.93. The van der Waals surface area contributed by atoms with Crippen molar-refractivity contribution < 1.29 is 5.11 Å². The summed E-state index contributed by atoms with van der Waals surface area (Å²) in [5.41, 5.74) is 0. The lowest BCUT2D eigenvalue weighted by Gasteiger charge is -2.14. The van der Waals surface area contributed by atoms with Crippen LogP contribution in [0.1, 0.15) is 32.2 Å². The van der Waals surface area contributed by atoms with Gasteiger partial charge in [0, 0.05) is 12.4 Å². The molecule has 12 heavy (non-hydrogen) atoms. The molecule has 1 aromatic rings. The number of aromatic nitrogens is 2. The fourth-order valence-corrected chi connectivity index (χ4v) is 0.941. The molecule has 1 N–H and O–H groups in total. The van der Waals surface area contributed by atoms with Gasteiger partial charge in [-0.25, -0.2) is 9.97 Å². The van der Waals surface area contributed by atoms with E-state index in [0.717, 1.165) is 6.42 Å². The molecule has 0 bridgehead atoms. The standard InChI is InChI=1S/C9H14N2O/c1-3-7(2)8(12)9-10-5-4-6-11-9/h4-8,12H,3H2,1-2H3. The van der Waals surface area contributed by atoms with Crippen molar-refractivity contribution in [3.05, 3.63) is 24.3 Å². The predicted octanol–water partition coefficient (Wildman–Crippen LogP) is 1.56. The molecule has 0 aliphatic heterocycles. The van der Waals surface area contributed by atoms with E-state index in [4.69, 9.17) is 0 Å². The number of rotatable bonds is 3. The summed E-state index contributed by atoms with van der Waals surface area (Å²) < 4.78 is 0. The second-order valence-electron chi connectivity index (χ2n) is 2.94. The Kier molecular flexibility index (Phi) is 3.17. The van der Waals surface area contributed by atoms with Crippen LogP contribution in [0.5, 0.6) is 0 Å². The fraction of sp³-hybridized carbons (Fsp3) is 0.556. The molecular weight excluding hydrogens is 152 g/mol. The van der Waals surface area contributed by atoms with Gasteiger partial charge in [-0.15, -0.1) is 0 Å². The smallest absolute Gasteiger partial charge is 0.157 e. The molecule has 0 radical (unpaired) electrons. The molecule has 0 aromatic carbocycles. The molecular formula is C9H14N2O. The van der Waals surface area contributed by atoms with Crippen LogP contribution in [-0.4, -0.2) is 15.1 Å². The second-order valence-corrected chi connectivity index (χ2v) is 2.94. The molecule has 3 heteroatoms. The summed E-state index contributed by atoms with van der Waals surface area (Å²) in [5, 5.41) is 9.66. The number of aliphatic hydroxyl groups excluding tert-OH is 1. The Morgan fingerprint density at radius 1 is 1.42 bits per heavy atom. The zero-order valence-corrected chi connectivity index (χ0v) is 7.44. The summed E-state index contributed by atoms with van der Waals surface area (Å²) in [6.07, 6.45) is 3.69. The molecule has 1 heterocycles. The Morgan fingerprint density at radius 2 is 2.00 bits per heavy atom. The van der Waals surface area contributed by atoms with Crippen LogP contribution < -0.4 is 0 Å². The molecule has 0 amide bonds. The molecule has 2 unspecified atom stereocenters. The minimum absolute atomic E-state index is 0.215. The van der Waals surface area contributed by atoms with Gasteiger partial charge in [0.25, 0.3) is 0 Å². The largest absolute Gasteiger partial charge is 0.385 e. The number of aliphatic hydroxyl groups is 1. The summed E-state index contributed by atoms with van der Waals surface area (Å²) in [6.45, 7) is 4.03. The van der Waals surface area contributed by atoms with Crippen molar-refractivity contribution in [2.75, 3.05) is 0 Å². The van der Waals surface area contributed by atoms with Crippen LogP contribution in [0.3, 0.4) is 0 Å². The summed E-state index contributed by atoms with van der Waals surface area (Å²) in [5.74, 6) is 0.735. The highest BCUT2D eigenvalue weighted by atomic mass is 16.3. The van der Waals surface area contributed by atoms with Crippen molar-refractivity contribution >= 4 is 0 Å². The number of hydrogen-bond acceptors (Lipinski definition) is 3. The van der Waals surface area contributed by atoms with E-state index in [1.165, 1.54) is 0 Å². The third kappa shape index (κ3) is 2.01. The van der Waals surface area contributed by atoms with Crippen molar-refractivity contribution in [2.45, 2.75) is 26.4 Å². The van der Waals surface area contributed by atoms with E-state index in [2.05, 4.69) is 9.97 Å². The summed E-state index contributed by atoms with van der Waals surface area (Å²) in [4.78, 5) is 7.97. The molecule has 3 nitrogen and oxygen atoms in total. The van der Waals surface area contributed by atoms with Crippen LogP contribution in [0.2, 0.25) is 0 Å². The van der Waals surface area contributed by atoms with Gasteiger partial charge in [-0.2, -0.15) is 0 Å². The SMILES string of the molecule is CCC(C)C(O)c1ncccn1. The first kappa shape index (κ1) is 9.13. The van der Waals surface area contributed by atoms with Crippen LogP contribution in [0, 0.1) is 5.92 Å². The van der Waals surface area contributed by atoms with Crippen LogP contribution in [-0.2, 0) is 0 Å². The Bertz CT molecular complexity index is 225. The monoisotopic (exact) mass is 166 g/mol. The third-order valence-electron chi connectivity index (χ3n) is 2.03. The molecule has 0 spiro atoms. The highest BCUT2D eigenvalue weighted by Gasteiger charge is 2.16. The van der Waals surface area contributed by atoms with Crippen molar-refractivity contribution in [2.24, 2.45) is 5.92 Å². The van der Waals surface area contributed by atoms with Gasteiger partial charge in [-0.3, -0.25) is 0 Å². The van der Waals surface area contributed by atoms with Crippen molar-refractivity contribution in [1.29, 1.82) is 0 Å². The van der Waals surface area contributed by atoms with E-state index in [1.54, 1.807) is 18.5 Å². The molecule has 0 aliphatic rings. The lowest BCUT2D eigenvalue weighted by Crippen LogP contribution is -2.11. The van der Waals surface area contributed by atoms with Gasteiger partial charge >= 0.3 is 0 Å². The average molecular weight is 166 g/mol. The molecule has 0 aliphatic carbocycles. The molecule has 1 rings (SSSR count). The lowest BCUT2D eigenvalue weighted by atomic mass is 10.0. The Morgan fingerprint density at radius 3 is 2.50 bits per heavy atom. The Balaban J connectivity index is 2.71. The lowest BCUT2D eigenvalue weighted by molar-refractivity contribution is 0.106. The van der Waals surface area contributed by atoms with Crippen molar-refractivity contribution in [3.63, 3.8) is 0 Å². The van der Waals surface area contributed by atoms with Crippen molar-refractivity contribution in [1.82, 2.24) is 9.97 Å². The molecule has 1 aromatic heterocycles. The van der Waals surface area contributed by atoms with E-state index >= 15 is 0 Å². The van der Waals surface area contributed by atoms with E-state index in [1.807, 2.05) is 13.8 Å². The van der Waals surface area contributed by atoms with Gasteiger partial charge < -0.3 is 5.11 Å². The first-order valence-corrected chi connectivity index (χ1v) is 4.20. The van der Waals surface area contributed by atoms with Gasteiger partial charge in [0.1, 0.15) is 6.10 Å². The highest BCUT2D eigenvalue weighted by Crippen LogP contribution is 2.19. The van der Waals surface area contributed by atoms with E-state index < -0.39 is 6.10 Å². The summed E-state index contributed by atoms with van der Waals surface area (Å²) in [6, 6.07) is 1.74. The first-order valence-electron chi connectivity index (χ1n) is 4.20. The van der Waals surface area contributed by atoms with Crippen molar-refractivity contribution in [3.8, 4) is 0 Å². The molecule has 0 saturated carbocycles. The zero-order valence-electron chi connectivity index (χ0n) is 7.44. The molecule has 2 atom stereocenters. The maximum Gasteiger partial charge on any atom is 0.157 e. The quantitative estimate of drug-likeness (QED) is 0.741. The molecule has 0 saturated heterocycles. The molecule has 66 valence electrons. The summed E-state index contributed by atoms with van der Waals surface area (Å²) in [7, 11) is 0. The van der Waals surface area contributed by atoms with Crippen LogP contribution >= 0.6 is 0 Å². The van der Waals surface area contributed by atoms with E-state index in [-0.39, 0.29) is 5.92 Å². The second kappa shape index (κ2) is 4.16. The number of nitrogens with zero attached hydrogens (tertiary/aromatic N) is 2. The van der Waals surface area contributed by atoms with E-state index in [0.29, 0.717) is 5.82 Å². The fourth-order valence-electron chi connectivity index (χ4n) is 0.941. The topological polar surface area (TPSA) is 46.0 Å². The first-order chi connectivity index (χ1) is 5.75. The van der Waals surface area contributed by atoms with Gasteiger partial charge in [0.05, 0.1) is 0 Å². The average Bonchev–Trinajstić information content (AvgIpc) is 2.17. The Labute approximate surface area is 72.5 Å². The normalized spacial score (nSPS) is 15.6. The Hall–Kier alpha value is -0.960. The molecule has 0 fully saturated rings.